The van der Waals surface area contributed by atoms with Crippen LogP contribution in [0.3, 0.4) is 0 Å². The maximum absolute atomic E-state index is 13.2. The fourth-order valence-electron chi connectivity index (χ4n) is 1.95. The Morgan fingerprint density at radius 2 is 1.68 bits per heavy atom. The second-order valence-electron chi connectivity index (χ2n) is 4.25. The van der Waals surface area contributed by atoms with Gasteiger partial charge in [0.05, 0.1) is 0 Å². The Balaban J connectivity index is 2.71. The molecule has 0 spiro atoms. The summed E-state index contributed by atoms with van der Waals surface area (Å²) in [4.78, 5) is 15.0. The second kappa shape index (κ2) is 4.76. The Morgan fingerprint density at radius 1 is 1.11 bits per heavy atom. The van der Waals surface area contributed by atoms with E-state index in [0.29, 0.717) is 22.4 Å². The molecule has 1 aromatic heterocycles. The number of rotatable bonds is 2. The molecule has 0 aliphatic heterocycles. The van der Waals surface area contributed by atoms with E-state index in [0.717, 1.165) is 18.2 Å². The molecular formula is C14H11F2NO2. The van der Waals surface area contributed by atoms with E-state index in [4.69, 9.17) is 5.11 Å². The van der Waals surface area contributed by atoms with Gasteiger partial charge in [-0.2, -0.15) is 0 Å². The van der Waals surface area contributed by atoms with Crippen LogP contribution in [-0.4, -0.2) is 16.1 Å². The lowest BCUT2D eigenvalue weighted by Crippen LogP contribution is -2.06. The van der Waals surface area contributed by atoms with E-state index in [2.05, 4.69) is 4.98 Å². The normalized spacial score (nSPS) is 10.5. The van der Waals surface area contributed by atoms with E-state index in [1.165, 1.54) is 0 Å². The number of carboxylic acids is 1. The molecule has 0 aliphatic rings. The number of pyridine rings is 1. The number of hydrogen-bond acceptors (Lipinski definition) is 2. The van der Waals surface area contributed by atoms with E-state index in [9.17, 15) is 13.6 Å². The standard InChI is InChI=1S/C14H11F2NO2/c1-7-3-12(8(2)13(17-7)14(18)19)9-4-10(15)6-11(16)5-9/h3-6H,1-2H3,(H,18,19). The van der Waals surface area contributed by atoms with Crippen molar-refractivity contribution >= 4 is 5.97 Å². The summed E-state index contributed by atoms with van der Waals surface area (Å²) in [5.74, 6) is -2.58. The summed E-state index contributed by atoms with van der Waals surface area (Å²) in [6.45, 7) is 3.19. The Morgan fingerprint density at radius 3 is 2.21 bits per heavy atom. The van der Waals surface area contributed by atoms with Crippen LogP contribution in [0.2, 0.25) is 0 Å². The van der Waals surface area contributed by atoms with Gasteiger partial charge in [-0.1, -0.05) is 0 Å². The average Bonchev–Trinajstić information content (AvgIpc) is 2.30. The zero-order valence-electron chi connectivity index (χ0n) is 10.4. The van der Waals surface area contributed by atoms with E-state index in [-0.39, 0.29) is 5.69 Å². The van der Waals surface area contributed by atoms with Crippen molar-refractivity contribution in [1.29, 1.82) is 0 Å². The van der Waals surface area contributed by atoms with Crippen molar-refractivity contribution in [2.75, 3.05) is 0 Å². The third-order valence-corrected chi connectivity index (χ3v) is 2.78. The van der Waals surface area contributed by atoms with Gasteiger partial charge in [-0.15, -0.1) is 0 Å². The highest BCUT2D eigenvalue weighted by Crippen LogP contribution is 2.27. The van der Waals surface area contributed by atoms with Crippen LogP contribution in [0.5, 0.6) is 0 Å². The van der Waals surface area contributed by atoms with Crippen LogP contribution < -0.4 is 0 Å². The summed E-state index contributed by atoms with van der Waals surface area (Å²) < 4.78 is 26.5. The van der Waals surface area contributed by atoms with Gasteiger partial charge < -0.3 is 5.11 Å². The molecule has 0 amide bonds. The molecule has 5 heteroatoms. The number of hydrogen-bond donors (Lipinski definition) is 1. The molecule has 2 aromatic rings. The lowest BCUT2D eigenvalue weighted by molar-refractivity contribution is 0.0689. The maximum Gasteiger partial charge on any atom is 0.354 e. The molecule has 19 heavy (non-hydrogen) atoms. The van der Waals surface area contributed by atoms with Crippen molar-refractivity contribution in [1.82, 2.24) is 4.98 Å². The summed E-state index contributed by atoms with van der Waals surface area (Å²) in [6, 6.07) is 4.70. The molecule has 3 nitrogen and oxygen atoms in total. The average molecular weight is 263 g/mol. The summed E-state index contributed by atoms with van der Waals surface area (Å²) >= 11 is 0. The molecule has 0 atom stereocenters. The first-order valence-corrected chi connectivity index (χ1v) is 5.56. The van der Waals surface area contributed by atoms with Crippen molar-refractivity contribution in [3.8, 4) is 11.1 Å². The summed E-state index contributed by atoms with van der Waals surface area (Å²) in [5, 5.41) is 9.06. The molecule has 1 aromatic carbocycles. The minimum Gasteiger partial charge on any atom is -0.477 e. The number of benzene rings is 1. The molecule has 0 fully saturated rings. The predicted octanol–water partition coefficient (Wildman–Crippen LogP) is 3.34. The number of carboxylic acid groups (broad SMARTS) is 1. The first-order chi connectivity index (χ1) is 8.88. The van der Waals surface area contributed by atoms with Gasteiger partial charge in [0.1, 0.15) is 11.6 Å². The number of halogens is 2. The van der Waals surface area contributed by atoms with Gasteiger partial charge in [-0.25, -0.2) is 18.6 Å². The highest BCUT2D eigenvalue weighted by molar-refractivity contribution is 5.90. The molecule has 0 saturated heterocycles. The van der Waals surface area contributed by atoms with Crippen LogP contribution in [-0.2, 0) is 0 Å². The van der Waals surface area contributed by atoms with Crippen LogP contribution >= 0.6 is 0 Å². The SMILES string of the molecule is Cc1cc(-c2cc(F)cc(F)c2)c(C)c(C(=O)O)n1. The van der Waals surface area contributed by atoms with Gasteiger partial charge >= 0.3 is 5.97 Å². The van der Waals surface area contributed by atoms with Crippen LogP contribution in [0.25, 0.3) is 11.1 Å². The molecule has 98 valence electrons. The third-order valence-electron chi connectivity index (χ3n) is 2.78. The summed E-state index contributed by atoms with van der Waals surface area (Å²) in [7, 11) is 0. The van der Waals surface area contributed by atoms with E-state index in [1.54, 1.807) is 19.9 Å². The number of nitrogens with zero attached hydrogens (tertiary/aromatic N) is 1. The Hall–Kier alpha value is -2.30. The van der Waals surface area contributed by atoms with Crippen molar-refractivity contribution in [2.45, 2.75) is 13.8 Å². The minimum atomic E-state index is -1.17. The smallest absolute Gasteiger partial charge is 0.354 e. The maximum atomic E-state index is 13.2. The largest absolute Gasteiger partial charge is 0.477 e. The van der Waals surface area contributed by atoms with E-state index >= 15 is 0 Å². The molecular weight excluding hydrogens is 252 g/mol. The fourth-order valence-corrected chi connectivity index (χ4v) is 1.95. The van der Waals surface area contributed by atoms with Crippen molar-refractivity contribution < 1.29 is 18.7 Å². The van der Waals surface area contributed by atoms with Gasteiger partial charge in [0.25, 0.3) is 0 Å². The monoisotopic (exact) mass is 263 g/mol. The number of aryl methyl sites for hydroxylation is 1. The van der Waals surface area contributed by atoms with Crippen molar-refractivity contribution in [3.05, 3.63) is 52.9 Å². The zero-order valence-corrected chi connectivity index (χ0v) is 10.4. The predicted molar refractivity (Wildman–Crippen MR) is 66.0 cm³/mol. The lowest BCUT2D eigenvalue weighted by atomic mass is 9.98. The number of aromatic carboxylic acids is 1. The van der Waals surface area contributed by atoms with Crippen LogP contribution in [0.15, 0.2) is 24.3 Å². The van der Waals surface area contributed by atoms with Crippen molar-refractivity contribution in [2.24, 2.45) is 0 Å². The topological polar surface area (TPSA) is 50.2 Å². The van der Waals surface area contributed by atoms with Gasteiger partial charge in [-0.05, 0) is 48.7 Å². The fraction of sp³-hybridized carbons (Fsp3) is 0.143. The molecule has 1 N–H and O–H groups in total. The van der Waals surface area contributed by atoms with E-state index in [1.807, 2.05) is 0 Å². The Kier molecular flexibility index (Phi) is 3.29. The quantitative estimate of drug-likeness (QED) is 0.904. The van der Waals surface area contributed by atoms with Crippen LogP contribution in [0.1, 0.15) is 21.7 Å². The highest BCUT2D eigenvalue weighted by Gasteiger charge is 2.15. The summed E-state index contributed by atoms with van der Waals surface area (Å²) in [5.41, 5.74) is 1.50. The molecule has 0 unspecified atom stereocenters. The van der Waals surface area contributed by atoms with Gasteiger partial charge in [0, 0.05) is 11.8 Å². The number of carbonyl (C=O) groups is 1. The third kappa shape index (κ3) is 2.59. The lowest BCUT2D eigenvalue weighted by Gasteiger charge is -2.10. The van der Waals surface area contributed by atoms with Crippen molar-refractivity contribution in [3.63, 3.8) is 0 Å². The Labute approximate surface area is 108 Å². The molecule has 0 radical (unpaired) electrons. The molecule has 0 saturated carbocycles. The first kappa shape index (κ1) is 13.1. The molecule has 2 rings (SSSR count). The van der Waals surface area contributed by atoms with Gasteiger partial charge in [-0.3, -0.25) is 0 Å². The minimum absolute atomic E-state index is 0.111. The van der Waals surface area contributed by atoms with E-state index < -0.39 is 17.6 Å². The van der Waals surface area contributed by atoms with Gasteiger partial charge in [0.2, 0.25) is 0 Å². The Bertz CT molecular complexity index is 648. The zero-order chi connectivity index (χ0) is 14.2. The molecule has 0 bridgehead atoms. The molecule has 0 aliphatic carbocycles. The van der Waals surface area contributed by atoms with Gasteiger partial charge in [0.15, 0.2) is 5.69 Å². The first-order valence-electron chi connectivity index (χ1n) is 5.56. The van der Waals surface area contributed by atoms with Crippen LogP contribution in [0.4, 0.5) is 8.78 Å². The summed E-state index contributed by atoms with van der Waals surface area (Å²) in [6.07, 6.45) is 0. The van der Waals surface area contributed by atoms with Crippen LogP contribution in [0, 0.1) is 25.5 Å². The number of aromatic nitrogens is 1. The second-order valence-corrected chi connectivity index (χ2v) is 4.25. The highest BCUT2D eigenvalue weighted by atomic mass is 19.1. The molecule has 1 heterocycles.